The van der Waals surface area contributed by atoms with Gasteiger partial charge in [-0.2, -0.15) is 0 Å². The summed E-state index contributed by atoms with van der Waals surface area (Å²) in [6.45, 7) is 9.04. The molecule has 4 rings (SSSR count). The van der Waals surface area contributed by atoms with E-state index in [1.807, 2.05) is 25.1 Å². The molecule has 0 radical (unpaired) electrons. The number of aryl methyl sites for hydroxylation is 1. The number of anilines is 1. The maximum Gasteiger partial charge on any atom is 0.255 e. The molecule has 8 nitrogen and oxygen atoms in total. The SMILES string of the molecule is CCN1CCC[C@@H]1CNC(=O)[C@H](C)N1CC[C@]2(CCC1=O)NC(=O)c1ccc(C)cc1N2. The largest absolute Gasteiger partial charge is 0.362 e. The molecule has 3 N–H and O–H groups in total. The summed E-state index contributed by atoms with van der Waals surface area (Å²) < 4.78 is 0. The van der Waals surface area contributed by atoms with Crippen molar-refractivity contribution >= 4 is 23.4 Å². The lowest BCUT2D eigenvalue weighted by Gasteiger charge is -2.40. The van der Waals surface area contributed by atoms with Crippen LogP contribution in [0.4, 0.5) is 5.69 Å². The number of hydrogen-bond acceptors (Lipinski definition) is 5. The predicted octanol–water partition coefficient (Wildman–Crippen LogP) is 1.85. The molecule has 8 heteroatoms. The lowest BCUT2D eigenvalue weighted by Crippen LogP contribution is -2.58. The molecule has 1 spiro atoms. The highest BCUT2D eigenvalue weighted by Gasteiger charge is 2.42. The molecule has 174 valence electrons. The van der Waals surface area contributed by atoms with Crippen LogP contribution in [0, 0.1) is 6.92 Å². The molecule has 0 unspecified atom stereocenters. The van der Waals surface area contributed by atoms with Crippen LogP contribution in [0.2, 0.25) is 0 Å². The minimum atomic E-state index is -0.677. The molecule has 32 heavy (non-hydrogen) atoms. The van der Waals surface area contributed by atoms with Crippen LogP contribution in [-0.4, -0.2) is 71.4 Å². The second-order valence-electron chi connectivity index (χ2n) is 9.39. The van der Waals surface area contributed by atoms with Gasteiger partial charge in [0.1, 0.15) is 11.7 Å². The number of likely N-dealkylation sites (tertiary alicyclic amines) is 2. The van der Waals surface area contributed by atoms with Crippen molar-refractivity contribution < 1.29 is 14.4 Å². The fourth-order valence-corrected chi connectivity index (χ4v) is 5.27. The van der Waals surface area contributed by atoms with E-state index in [0.717, 1.165) is 37.2 Å². The molecular weight excluding hydrogens is 406 g/mol. The van der Waals surface area contributed by atoms with Crippen LogP contribution < -0.4 is 16.0 Å². The Bertz CT molecular complexity index is 904. The van der Waals surface area contributed by atoms with Gasteiger partial charge in [-0.1, -0.05) is 13.0 Å². The van der Waals surface area contributed by atoms with Crippen LogP contribution >= 0.6 is 0 Å². The third-order valence-electron chi connectivity index (χ3n) is 7.28. The van der Waals surface area contributed by atoms with E-state index in [-0.39, 0.29) is 24.1 Å². The van der Waals surface area contributed by atoms with E-state index in [0.29, 0.717) is 37.5 Å². The van der Waals surface area contributed by atoms with E-state index in [2.05, 4.69) is 27.8 Å². The minimum absolute atomic E-state index is 0.0494. The zero-order valence-electron chi connectivity index (χ0n) is 19.4. The Morgan fingerprint density at radius 3 is 2.84 bits per heavy atom. The number of amides is 3. The quantitative estimate of drug-likeness (QED) is 0.648. The van der Waals surface area contributed by atoms with Crippen molar-refractivity contribution in [2.75, 3.05) is 31.5 Å². The summed E-state index contributed by atoms with van der Waals surface area (Å²) in [6, 6.07) is 5.55. The molecule has 1 aromatic carbocycles. The summed E-state index contributed by atoms with van der Waals surface area (Å²) in [5, 5.41) is 9.65. The average molecular weight is 442 g/mol. The molecular formula is C24H35N5O3. The zero-order chi connectivity index (χ0) is 22.9. The number of nitrogens with zero attached hydrogens (tertiary/aromatic N) is 2. The Kier molecular flexibility index (Phi) is 6.42. The Balaban J connectivity index is 1.40. The highest BCUT2D eigenvalue weighted by Crippen LogP contribution is 2.32. The Morgan fingerprint density at radius 2 is 2.06 bits per heavy atom. The van der Waals surface area contributed by atoms with Crippen LogP contribution in [0.3, 0.4) is 0 Å². The topological polar surface area (TPSA) is 93.8 Å². The number of benzene rings is 1. The van der Waals surface area contributed by atoms with Crippen LogP contribution in [0.1, 0.15) is 61.9 Å². The zero-order valence-corrected chi connectivity index (χ0v) is 19.4. The molecule has 3 aliphatic heterocycles. The molecule has 0 bridgehead atoms. The first-order valence-corrected chi connectivity index (χ1v) is 11.8. The monoisotopic (exact) mass is 441 g/mol. The van der Waals surface area contributed by atoms with Crippen molar-refractivity contribution in [3.63, 3.8) is 0 Å². The number of rotatable bonds is 5. The van der Waals surface area contributed by atoms with Gasteiger partial charge in [0.2, 0.25) is 11.8 Å². The molecule has 3 heterocycles. The summed E-state index contributed by atoms with van der Waals surface area (Å²) in [5.41, 5.74) is 1.82. The second kappa shape index (κ2) is 9.10. The van der Waals surface area contributed by atoms with Gasteiger partial charge >= 0.3 is 0 Å². The molecule has 3 amide bonds. The van der Waals surface area contributed by atoms with Gasteiger partial charge in [0, 0.05) is 37.7 Å². The van der Waals surface area contributed by atoms with Crippen LogP contribution in [-0.2, 0) is 9.59 Å². The fraction of sp³-hybridized carbons (Fsp3) is 0.625. The van der Waals surface area contributed by atoms with Gasteiger partial charge in [0.05, 0.1) is 5.56 Å². The first-order chi connectivity index (χ1) is 15.3. The van der Waals surface area contributed by atoms with E-state index in [9.17, 15) is 14.4 Å². The maximum absolute atomic E-state index is 12.9. The Labute approximate surface area is 190 Å². The van der Waals surface area contributed by atoms with Crippen molar-refractivity contribution in [1.29, 1.82) is 0 Å². The molecule has 2 fully saturated rings. The predicted molar refractivity (Wildman–Crippen MR) is 123 cm³/mol. The van der Waals surface area contributed by atoms with Crippen molar-refractivity contribution in [1.82, 2.24) is 20.4 Å². The number of hydrogen-bond donors (Lipinski definition) is 3. The van der Waals surface area contributed by atoms with Gasteiger partial charge < -0.3 is 20.9 Å². The van der Waals surface area contributed by atoms with E-state index < -0.39 is 11.7 Å². The molecule has 0 aromatic heterocycles. The maximum atomic E-state index is 12.9. The van der Waals surface area contributed by atoms with E-state index in [1.54, 1.807) is 11.8 Å². The first kappa shape index (κ1) is 22.6. The molecule has 0 aliphatic carbocycles. The van der Waals surface area contributed by atoms with Gasteiger partial charge in [0.15, 0.2) is 0 Å². The number of carbonyl (C=O) groups excluding carboxylic acids is 3. The summed E-state index contributed by atoms with van der Waals surface area (Å²) >= 11 is 0. The molecule has 3 atom stereocenters. The third-order valence-corrected chi connectivity index (χ3v) is 7.28. The molecule has 2 saturated heterocycles. The summed E-state index contributed by atoms with van der Waals surface area (Å²) in [7, 11) is 0. The van der Waals surface area contributed by atoms with Gasteiger partial charge in [-0.25, -0.2) is 0 Å². The summed E-state index contributed by atoms with van der Waals surface area (Å²) in [5.74, 6) is -0.284. The van der Waals surface area contributed by atoms with E-state index >= 15 is 0 Å². The number of nitrogens with one attached hydrogen (secondary N) is 3. The van der Waals surface area contributed by atoms with Crippen LogP contribution in [0.25, 0.3) is 0 Å². The molecule has 0 saturated carbocycles. The minimum Gasteiger partial charge on any atom is -0.362 e. The second-order valence-corrected chi connectivity index (χ2v) is 9.39. The van der Waals surface area contributed by atoms with Crippen molar-refractivity contribution in [3.05, 3.63) is 29.3 Å². The highest BCUT2D eigenvalue weighted by atomic mass is 16.2. The lowest BCUT2D eigenvalue weighted by molar-refractivity contribution is -0.139. The van der Waals surface area contributed by atoms with Gasteiger partial charge in [0.25, 0.3) is 5.91 Å². The first-order valence-electron chi connectivity index (χ1n) is 11.8. The lowest BCUT2D eigenvalue weighted by atomic mass is 9.94. The molecule has 1 aromatic rings. The average Bonchev–Trinajstić information content (AvgIpc) is 3.17. The van der Waals surface area contributed by atoms with Gasteiger partial charge in [-0.05, 0) is 63.9 Å². The normalized spacial score (nSPS) is 26.8. The number of fused-ring (bicyclic) bond motifs is 1. The Morgan fingerprint density at radius 1 is 1.25 bits per heavy atom. The smallest absolute Gasteiger partial charge is 0.255 e. The summed E-state index contributed by atoms with van der Waals surface area (Å²) in [4.78, 5) is 42.6. The highest BCUT2D eigenvalue weighted by molar-refractivity contribution is 6.02. The van der Waals surface area contributed by atoms with E-state index in [1.165, 1.54) is 0 Å². The Hall–Kier alpha value is -2.61. The third kappa shape index (κ3) is 4.46. The van der Waals surface area contributed by atoms with Gasteiger partial charge in [-0.15, -0.1) is 0 Å². The van der Waals surface area contributed by atoms with Crippen molar-refractivity contribution in [3.8, 4) is 0 Å². The summed E-state index contributed by atoms with van der Waals surface area (Å²) in [6.07, 6.45) is 3.57. The van der Waals surface area contributed by atoms with Gasteiger partial charge in [-0.3, -0.25) is 19.3 Å². The van der Waals surface area contributed by atoms with Crippen molar-refractivity contribution in [2.24, 2.45) is 0 Å². The number of likely N-dealkylation sites (N-methyl/N-ethyl adjacent to an activating group) is 1. The van der Waals surface area contributed by atoms with Crippen molar-refractivity contribution in [2.45, 2.75) is 70.6 Å². The van der Waals surface area contributed by atoms with Crippen LogP contribution in [0.15, 0.2) is 18.2 Å². The standard InChI is InChI=1S/C24H35N5O3/c1-4-28-12-5-6-18(28)15-25-22(31)17(3)29-13-11-24(10-9-21(29)30)26-20-14-16(2)7-8-19(20)23(32)27-24/h7-8,14,17-18,26H,4-6,9-13,15H2,1-3H3,(H,25,31)(H,27,32)/t17-,18+,24-/m0/s1. The fourth-order valence-electron chi connectivity index (χ4n) is 5.27. The number of carbonyl (C=O) groups is 3. The van der Waals surface area contributed by atoms with E-state index in [4.69, 9.17) is 0 Å². The molecule has 3 aliphatic rings. The van der Waals surface area contributed by atoms with Crippen LogP contribution in [0.5, 0.6) is 0 Å².